The van der Waals surface area contributed by atoms with Gasteiger partial charge >= 0.3 is 5.97 Å². The lowest BCUT2D eigenvalue weighted by molar-refractivity contribution is -0.143. The second-order valence-electron chi connectivity index (χ2n) is 5.73. The Hall–Kier alpha value is -1.49. The average Bonchev–Trinajstić information content (AvgIpc) is 2.48. The van der Waals surface area contributed by atoms with Crippen LogP contribution in [0, 0.1) is 11.8 Å². The van der Waals surface area contributed by atoms with Crippen LogP contribution in [0.1, 0.15) is 43.2 Å². The van der Waals surface area contributed by atoms with Crippen LogP contribution < -0.4 is 5.32 Å². The fraction of sp³-hybridized carbons (Fsp3) is 0.562. The van der Waals surface area contributed by atoms with Crippen molar-refractivity contribution in [1.29, 1.82) is 0 Å². The standard InChI is InChI=1S/C16H21F2NO2/c17-15(18)13-5-1-11(2-6-13)9-19-10-12-3-7-14(8-4-12)16(20)21/h1-2,5-6,12,14-15,19H,3-4,7-10H2,(H,20,21). The predicted octanol–water partition coefficient (Wildman–Crippen LogP) is 3.60. The van der Waals surface area contributed by atoms with Gasteiger partial charge in [0.05, 0.1) is 5.92 Å². The Kier molecular flexibility index (Phi) is 5.67. The molecule has 1 aromatic carbocycles. The van der Waals surface area contributed by atoms with Gasteiger partial charge in [-0.3, -0.25) is 4.79 Å². The highest BCUT2D eigenvalue weighted by Gasteiger charge is 2.25. The molecule has 1 aliphatic rings. The van der Waals surface area contributed by atoms with E-state index in [1.54, 1.807) is 12.1 Å². The summed E-state index contributed by atoms with van der Waals surface area (Å²) in [7, 11) is 0. The molecule has 116 valence electrons. The number of halogens is 2. The van der Waals surface area contributed by atoms with Gasteiger partial charge in [-0.2, -0.15) is 0 Å². The van der Waals surface area contributed by atoms with Gasteiger partial charge in [-0.05, 0) is 43.7 Å². The molecule has 0 spiro atoms. The third kappa shape index (κ3) is 4.77. The minimum absolute atomic E-state index is 0.0470. The van der Waals surface area contributed by atoms with Crippen LogP contribution in [0.15, 0.2) is 24.3 Å². The minimum atomic E-state index is -2.42. The number of carboxylic acids is 1. The van der Waals surface area contributed by atoms with E-state index in [2.05, 4.69) is 5.32 Å². The Bertz CT molecular complexity index is 454. The van der Waals surface area contributed by atoms with Gasteiger partial charge in [0, 0.05) is 12.1 Å². The lowest BCUT2D eigenvalue weighted by Crippen LogP contribution is -2.28. The summed E-state index contributed by atoms with van der Waals surface area (Å²) >= 11 is 0. The third-order valence-electron chi connectivity index (χ3n) is 4.19. The number of carbonyl (C=O) groups is 1. The van der Waals surface area contributed by atoms with Crippen molar-refractivity contribution in [3.63, 3.8) is 0 Å². The summed E-state index contributed by atoms with van der Waals surface area (Å²) in [5, 5.41) is 12.3. The Balaban J connectivity index is 1.69. The van der Waals surface area contributed by atoms with Crippen LogP contribution >= 0.6 is 0 Å². The zero-order valence-electron chi connectivity index (χ0n) is 11.9. The topological polar surface area (TPSA) is 49.3 Å². The molecule has 0 amide bonds. The first-order chi connectivity index (χ1) is 10.1. The highest BCUT2D eigenvalue weighted by Crippen LogP contribution is 2.28. The Labute approximate surface area is 123 Å². The molecule has 2 rings (SSSR count). The van der Waals surface area contributed by atoms with Crippen LogP contribution in [0.5, 0.6) is 0 Å². The Morgan fingerprint density at radius 3 is 2.33 bits per heavy atom. The number of nitrogens with one attached hydrogen (secondary N) is 1. The molecule has 0 heterocycles. The third-order valence-corrected chi connectivity index (χ3v) is 4.19. The van der Waals surface area contributed by atoms with E-state index in [4.69, 9.17) is 5.11 Å². The van der Waals surface area contributed by atoms with Crippen molar-refractivity contribution < 1.29 is 18.7 Å². The second kappa shape index (κ2) is 7.50. The van der Waals surface area contributed by atoms with E-state index in [-0.39, 0.29) is 11.5 Å². The molecule has 0 bridgehead atoms. The maximum atomic E-state index is 12.4. The van der Waals surface area contributed by atoms with Gasteiger partial charge in [-0.15, -0.1) is 0 Å². The molecule has 3 nitrogen and oxygen atoms in total. The van der Waals surface area contributed by atoms with Crippen LogP contribution in [0.2, 0.25) is 0 Å². The van der Waals surface area contributed by atoms with Crippen molar-refractivity contribution in [1.82, 2.24) is 5.32 Å². The van der Waals surface area contributed by atoms with E-state index in [0.717, 1.165) is 37.8 Å². The number of benzene rings is 1. The molecule has 1 saturated carbocycles. The highest BCUT2D eigenvalue weighted by molar-refractivity contribution is 5.69. The maximum Gasteiger partial charge on any atom is 0.306 e. The fourth-order valence-electron chi connectivity index (χ4n) is 2.82. The van der Waals surface area contributed by atoms with E-state index in [1.807, 2.05) is 0 Å². The number of alkyl halides is 2. The molecular weight excluding hydrogens is 276 g/mol. The lowest BCUT2D eigenvalue weighted by Gasteiger charge is -2.26. The largest absolute Gasteiger partial charge is 0.481 e. The van der Waals surface area contributed by atoms with Crippen LogP contribution in [0.3, 0.4) is 0 Å². The molecule has 21 heavy (non-hydrogen) atoms. The van der Waals surface area contributed by atoms with Gasteiger partial charge < -0.3 is 10.4 Å². The first-order valence-electron chi connectivity index (χ1n) is 7.36. The van der Waals surface area contributed by atoms with Gasteiger partial charge in [-0.1, -0.05) is 24.3 Å². The molecule has 0 atom stereocenters. The number of carboxylic acid groups (broad SMARTS) is 1. The van der Waals surface area contributed by atoms with E-state index < -0.39 is 12.4 Å². The summed E-state index contributed by atoms with van der Waals surface area (Å²) in [6.07, 6.45) is 0.967. The summed E-state index contributed by atoms with van der Waals surface area (Å²) in [5.41, 5.74) is 1.03. The fourth-order valence-corrected chi connectivity index (χ4v) is 2.82. The molecule has 0 aliphatic heterocycles. The summed E-state index contributed by atoms with van der Waals surface area (Å²) in [6, 6.07) is 6.35. The molecule has 0 unspecified atom stereocenters. The van der Waals surface area contributed by atoms with Gasteiger partial charge in [0.15, 0.2) is 0 Å². The van der Waals surface area contributed by atoms with Gasteiger partial charge in [-0.25, -0.2) is 8.78 Å². The maximum absolute atomic E-state index is 12.4. The quantitative estimate of drug-likeness (QED) is 0.843. The van der Waals surface area contributed by atoms with Crippen LogP contribution in [-0.4, -0.2) is 17.6 Å². The van der Waals surface area contributed by atoms with Crippen molar-refractivity contribution in [2.24, 2.45) is 11.8 Å². The molecule has 0 saturated heterocycles. The monoisotopic (exact) mass is 297 g/mol. The number of hydrogen-bond acceptors (Lipinski definition) is 2. The lowest BCUT2D eigenvalue weighted by atomic mass is 9.82. The van der Waals surface area contributed by atoms with E-state index in [9.17, 15) is 13.6 Å². The van der Waals surface area contributed by atoms with Crippen molar-refractivity contribution in [3.8, 4) is 0 Å². The Morgan fingerprint density at radius 2 is 1.81 bits per heavy atom. The zero-order valence-corrected chi connectivity index (χ0v) is 11.9. The van der Waals surface area contributed by atoms with Gasteiger partial charge in [0.25, 0.3) is 6.43 Å². The zero-order chi connectivity index (χ0) is 15.2. The second-order valence-corrected chi connectivity index (χ2v) is 5.73. The Morgan fingerprint density at radius 1 is 1.19 bits per heavy atom. The first kappa shape index (κ1) is 15.9. The molecule has 1 aliphatic carbocycles. The van der Waals surface area contributed by atoms with Crippen molar-refractivity contribution in [3.05, 3.63) is 35.4 Å². The SMILES string of the molecule is O=C(O)C1CCC(CNCc2ccc(C(F)F)cc2)CC1. The first-order valence-corrected chi connectivity index (χ1v) is 7.36. The van der Waals surface area contributed by atoms with Crippen LogP contribution in [0.4, 0.5) is 8.78 Å². The molecule has 0 radical (unpaired) electrons. The highest BCUT2D eigenvalue weighted by atomic mass is 19.3. The van der Waals surface area contributed by atoms with Gasteiger partial charge in [0.2, 0.25) is 0 Å². The summed E-state index contributed by atoms with van der Waals surface area (Å²) in [5.74, 6) is -0.343. The van der Waals surface area contributed by atoms with Crippen LogP contribution in [-0.2, 0) is 11.3 Å². The van der Waals surface area contributed by atoms with Crippen LogP contribution in [0.25, 0.3) is 0 Å². The van der Waals surface area contributed by atoms with E-state index in [0.29, 0.717) is 12.5 Å². The van der Waals surface area contributed by atoms with Crippen molar-refractivity contribution >= 4 is 5.97 Å². The molecule has 1 fully saturated rings. The van der Waals surface area contributed by atoms with E-state index in [1.165, 1.54) is 12.1 Å². The normalized spacial score (nSPS) is 22.4. The molecule has 0 aromatic heterocycles. The smallest absolute Gasteiger partial charge is 0.306 e. The molecular formula is C16H21F2NO2. The number of hydrogen-bond donors (Lipinski definition) is 2. The van der Waals surface area contributed by atoms with Gasteiger partial charge in [0.1, 0.15) is 0 Å². The molecule has 1 aromatic rings. The number of rotatable bonds is 6. The predicted molar refractivity (Wildman–Crippen MR) is 76.2 cm³/mol. The van der Waals surface area contributed by atoms with Crippen molar-refractivity contribution in [2.45, 2.75) is 38.7 Å². The van der Waals surface area contributed by atoms with E-state index >= 15 is 0 Å². The summed E-state index contributed by atoms with van der Waals surface area (Å²) in [4.78, 5) is 10.9. The average molecular weight is 297 g/mol. The minimum Gasteiger partial charge on any atom is -0.481 e. The summed E-state index contributed by atoms with van der Waals surface area (Å²) < 4.78 is 24.8. The van der Waals surface area contributed by atoms with Crippen molar-refractivity contribution in [2.75, 3.05) is 6.54 Å². The molecule has 5 heteroatoms. The number of aliphatic carboxylic acids is 1. The summed E-state index contributed by atoms with van der Waals surface area (Å²) in [6.45, 7) is 1.51. The molecule has 2 N–H and O–H groups in total.